The van der Waals surface area contributed by atoms with Gasteiger partial charge in [-0.3, -0.25) is 4.90 Å². The van der Waals surface area contributed by atoms with Gasteiger partial charge in [0.2, 0.25) is 0 Å². The molecule has 0 aliphatic carbocycles. The number of rotatable bonds is 3. The summed E-state index contributed by atoms with van der Waals surface area (Å²) in [5.41, 5.74) is 1.81. The number of nitrogens with zero attached hydrogens (tertiary/aromatic N) is 3. The van der Waals surface area contributed by atoms with Crippen LogP contribution in [-0.4, -0.2) is 42.1 Å². The maximum Gasteiger partial charge on any atom is 0.128 e. The maximum atomic E-state index is 13.3. The largest absolute Gasteiger partial charge is 0.354 e. The molecule has 0 amide bonds. The Morgan fingerprint density at radius 2 is 1.77 bits per heavy atom. The van der Waals surface area contributed by atoms with Crippen LogP contribution in [0.1, 0.15) is 13.8 Å². The summed E-state index contributed by atoms with van der Waals surface area (Å²) in [5.74, 6) is 0.787. The minimum atomic E-state index is -0.216. The molecule has 1 aliphatic rings. The molecule has 1 aromatic carbocycles. The molecule has 4 heteroatoms. The summed E-state index contributed by atoms with van der Waals surface area (Å²) in [7, 11) is 0. The first-order valence-electron chi connectivity index (χ1n) is 7.84. The molecule has 0 N–H and O–H groups in total. The smallest absolute Gasteiger partial charge is 0.128 e. The molecule has 2 heterocycles. The van der Waals surface area contributed by atoms with Crippen LogP contribution in [0.15, 0.2) is 42.6 Å². The van der Waals surface area contributed by atoms with Crippen LogP contribution in [0.3, 0.4) is 0 Å². The van der Waals surface area contributed by atoms with Crippen molar-refractivity contribution in [2.45, 2.75) is 19.9 Å². The van der Waals surface area contributed by atoms with Gasteiger partial charge in [-0.2, -0.15) is 0 Å². The van der Waals surface area contributed by atoms with Gasteiger partial charge in [-0.25, -0.2) is 9.37 Å². The predicted octanol–water partition coefficient (Wildman–Crippen LogP) is 3.42. The fraction of sp³-hybridized carbons (Fsp3) is 0.389. The van der Waals surface area contributed by atoms with E-state index in [1.54, 1.807) is 6.07 Å². The van der Waals surface area contributed by atoms with E-state index in [2.05, 4.69) is 28.6 Å². The van der Waals surface area contributed by atoms with Gasteiger partial charge in [0, 0.05) is 44.0 Å². The van der Waals surface area contributed by atoms with E-state index >= 15 is 0 Å². The highest BCUT2D eigenvalue weighted by Crippen LogP contribution is 2.22. The van der Waals surface area contributed by atoms with Crippen LogP contribution in [0, 0.1) is 5.82 Å². The van der Waals surface area contributed by atoms with E-state index in [0.717, 1.165) is 43.1 Å². The fourth-order valence-electron chi connectivity index (χ4n) is 2.88. The Hall–Kier alpha value is -1.94. The zero-order valence-electron chi connectivity index (χ0n) is 13.2. The molecule has 0 unspecified atom stereocenters. The van der Waals surface area contributed by atoms with Crippen LogP contribution >= 0.6 is 0 Å². The van der Waals surface area contributed by atoms with Gasteiger partial charge >= 0.3 is 0 Å². The molecular weight excluding hydrogens is 277 g/mol. The number of benzene rings is 1. The summed E-state index contributed by atoms with van der Waals surface area (Å²) < 4.78 is 13.3. The number of halogens is 1. The Balaban J connectivity index is 1.70. The van der Waals surface area contributed by atoms with E-state index in [9.17, 15) is 4.39 Å². The summed E-state index contributed by atoms with van der Waals surface area (Å²) in [5, 5.41) is 0. The van der Waals surface area contributed by atoms with Crippen molar-refractivity contribution in [2.24, 2.45) is 0 Å². The molecule has 2 aromatic rings. The van der Waals surface area contributed by atoms with Crippen LogP contribution in [0.5, 0.6) is 0 Å². The number of hydrogen-bond donors (Lipinski definition) is 0. The first-order valence-corrected chi connectivity index (χ1v) is 7.84. The van der Waals surface area contributed by atoms with Gasteiger partial charge in [-0.15, -0.1) is 0 Å². The standard InChI is InChI=1S/C18H22FN3/c1-14(2)21-8-10-22(11-9-21)18-7-6-16(13-20-18)15-4-3-5-17(19)12-15/h3-7,12-14H,8-11H2,1-2H3. The molecule has 1 aromatic heterocycles. The third kappa shape index (κ3) is 3.28. The van der Waals surface area contributed by atoms with Crippen LogP contribution in [0.25, 0.3) is 11.1 Å². The average molecular weight is 299 g/mol. The topological polar surface area (TPSA) is 19.4 Å². The molecule has 1 fully saturated rings. The van der Waals surface area contributed by atoms with Crippen LogP contribution in [-0.2, 0) is 0 Å². The highest BCUT2D eigenvalue weighted by atomic mass is 19.1. The average Bonchev–Trinajstić information content (AvgIpc) is 2.55. The second-order valence-corrected chi connectivity index (χ2v) is 6.03. The van der Waals surface area contributed by atoms with Crippen molar-refractivity contribution in [3.05, 3.63) is 48.4 Å². The molecule has 3 nitrogen and oxygen atoms in total. The van der Waals surface area contributed by atoms with E-state index in [0.29, 0.717) is 6.04 Å². The van der Waals surface area contributed by atoms with Gasteiger partial charge < -0.3 is 4.90 Å². The normalized spacial score (nSPS) is 16.3. The van der Waals surface area contributed by atoms with E-state index in [1.807, 2.05) is 24.4 Å². The van der Waals surface area contributed by atoms with E-state index in [-0.39, 0.29) is 5.82 Å². The summed E-state index contributed by atoms with van der Waals surface area (Å²) in [6, 6.07) is 11.3. The van der Waals surface area contributed by atoms with Crippen LogP contribution in [0.2, 0.25) is 0 Å². The van der Waals surface area contributed by atoms with Gasteiger partial charge in [0.25, 0.3) is 0 Å². The molecule has 1 aliphatic heterocycles. The van der Waals surface area contributed by atoms with E-state index < -0.39 is 0 Å². The SMILES string of the molecule is CC(C)N1CCN(c2ccc(-c3cccc(F)c3)cn2)CC1. The molecule has 22 heavy (non-hydrogen) atoms. The lowest BCUT2D eigenvalue weighted by atomic mass is 10.1. The molecule has 0 bridgehead atoms. The number of pyridine rings is 1. The minimum Gasteiger partial charge on any atom is -0.354 e. The zero-order chi connectivity index (χ0) is 15.5. The number of anilines is 1. The number of piperazine rings is 1. The van der Waals surface area contributed by atoms with E-state index in [1.165, 1.54) is 12.1 Å². The van der Waals surface area contributed by atoms with Gasteiger partial charge in [-0.1, -0.05) is 12.1 Å². The van der Waals surface area contributed by atoms with Crippen molar-refractivity contribution >= 4 is 5.82 Å². The Labute approximate surface area is 131 Å². The van der Waals surface area contributed by atoms with Crippen LogP contribution < -0.4 is 4.90 Å². The van der Waals surface area contributed by atoms with Crippen molar-refractivity contribution in [2.75, 3.05) is 31.1 Å². The fourth-order valence-corrected chi connectivity index (χ4v) is 2.88. The molecule has 1 saturated heterocycles. The van der Waals surface area contributed by atoms with Crippen molar-refractivity contribution in [3.8, 4) is 11.1 Å². The number of hydrogen-bond acceptors (Lipinski definition) is 3. The quantitative estimate of drug-likeness (QED) is 0.865. The first-order chi connectivity index (χ1) is 10.6. The van der Waals surface area contributed by atoms with Gasteiger partial charge in [0.15, 0.2) is 0 Å². The lowest BCUT2D eigenvalue weighted by Gasteiger charge is -2.37. The van der Waals surface area contributed by atoms with Crippen molar-refractivity contribution in [3.63, 3.8) is 0 Å². The molecule has 116 valence electrons. The monoisotopic (exact) mass is 299 g/mol. The highest BCUT2D eigenvalue weighted by molar-refractivity contribution is 5.63. The van der Waals surface area contributed by atoms with Crippen molar-refractivity contribution in [1.82, 2.24) is 9.88 Å². The summed E-state index contributed by atoms with van der Waals surface area (Å²) in [6.07, 6.45) is 1.83. The van der Waals surface area contributed by atoms with Crippen molar-refractivity contribution in [1.29, 1.82) is 0 Å². The molecule has 3 rings (SSSR count). The molecule has 0 spiro atoms. The Kier molecular flexibility index (Phi) is 4.39. The predicted molar refractivity (Wildman–Crippen MR) is 88.6 cm³/mol. The molecule has 0 radical (unpaired) electrons. The van der Waals surface area contributed by atoms with E-state index in [4.69, 9.17) is 0 Å². The lowest BCUT2D eigenvalue weighted by Crippen LogP contribution is -2.49. The number of aromatic nitrogens is 1. The maximum absolute atomic E-state index is 13.3. The van der Waals surface area contributed by atoms with Gasteiger partial charge in [0.1, 0.15) is 11.6 Å². The molecular formula is C18H22FN3. The van der Waals surface area contributed by atoms with Crippen LogP contribution in [0.4, 0.5) is 10.2 Å². The van der Waals surface area contributed by atoms with Crippen molar-refractivity contribution < 1.29 is 4.39 Å². The van der Waals surface area contributed by atoms with Gasteiger partial charge in [-0.05, 0) is 43.7 Å². The third-order valence-electron chi connectivity index (χ3n) is 4.27. The first kappa shape index (κ1) is 15.0. The lowest BCUT2D eigenvalue weighted by molar-refractivity contribution is 0.209. The minimum absolute atomic E-state index is 0.216. The molecule has 0 atom stereocenters. The highest BCUT2D eigenvalue weighted by Gasteiger charge is 2.19. The third-order valence-corrected chi connectivity index (χ3v) is 4.27. The second kappa shape index (κ2) is 6.44. The summed E-state index contributed by atoms with van der Waals surface area (Å²) >= 11 is 0. The Morgan fingerprint density at radius 3 is 2.36 bits per heavy atom. The van der Waals surface area contributed by atoms with Gasteiger partial charge in [0.05, 0.1) is 0 Å². The zero-order valence-corrected chi connectivity index (χ0v) is 13.2. The summed E-state index contributed by atoms with van der Waals surface area (Å²) in [4.78, 5) is 9.36. The summed E-state index contributed by atoms with van der Waals surface area (Å²) in [6.45, 7) is 8.63. The molecule has 0 saturated carbocycles. The second-order valence-electron chi connectivity index (χ2n) is 6.03. The Bertz CT molecular complexity index is 616. The Morgan fingerprint density at radius 1 is 1.00 bits per heavy atom.